The molecular formula is C8H11N5O. The van der Waals surface area contributed by atoms with Crippen molar-refractivity contribution in [1.82, 2.24) is 19.6 Å². The van der Waals surface area contributed by atoms with Gasteiger partial charge < -0.3 is 10.7 Å². The molecule has 74 valence electrons. The first-order valence-corrected chi connectivity index (χ1v) is 4.42. The van der Waals surface area contributed by atoms with E-state index in [0.29, 0.717) is 23.6 Å². The Morgan fingerprint density at radius 1 is 1.64 bits per heavy atom. The first-order chi connectivity index (χ1) is 6.76. The molecule has 2 heterocycles. The SMILES string of the molecule is CCc1nn2c(CN)ncc2c(=O)[nH]1. The molecule has 0 amide bonds. The molecule has 0 radical (unpaired) electrons. The van der Waals surface area contributed by atoms with E-state index < -0.39 is 0 Å². The molecule has 3 N–H and O–H groups in total. The Balaban J connectivity index is 2.80. The first kappa shape index (κ1) is 8.89. The number of nitrogens with one attached hydrogen (secondary N) is 1. The molecule has 0 spiro atoms. The second-order valence-corrected chi connectivity index (χ2v) is 2.93. The molecule has 2 aromatic rings. The summed E-state index contributed by atoms with van der Waals surface area (Å²) < 4.78 is 1.50. The zero-order chi connectivity index (χ0) is 10.1. The fraction of sp³-hybridized carbons (Fsp3) is 0.375. The number of aromatic nitrogens is 4. The summed E-state index contributed by atoms with van der Waals surface area (Å²) in [6.45, 7) is 2.19. The number of hydrogen-bond donors (Lipinski definition) is 2. The number of nitrogens with zero attached hydrogens (tertiary/aromatic N) is 3. The summed E-state index contributed by atoms with van der Waals surface area (Å²) in [4.78, 5) is 18.2. The van der Waals surface area contributed by atoms with Crippen molar-refractivity contribution in [3.63, 3.8) is 0 Å². The number of aromatic amines is 1. The fourth-order valence-electron chi connectivity index (χ4n) is 1.29. The third-order valence-corrected chi connectivity index (χ3v) is 2.04. The summed E-state index contributed by atoms with van der Waals surface area (Å²) in [7, 11) is 0. The number of H-pyrrole nitrogens is 1. The fourth-order valence-corrected chi connectivity index (χ4v) is 1.29. The Labute approximate surface area is 79.8 Å². The number of nitrogens with two attached hydrogens (primary N) is 1. The van der Waals surface area contributed by atoms with Gasteiger partial charge in [0.25, 0.3) is 5.56 Å². The van der Waals surface area contributed by atoms with Crippen molar-refractivity contribution in [2.75, 3.05) is 0 Å². The van der Waals surface area contributed by atoms with Gasteiger partial charge in [-0.25, -0.2) is 9.50 Å². The smallest absolute Gasteiger partial charge is 0.276 e. The molecule has 14 heavy (non-hydrogen) atoms. The van der Waals surface area contributed by atoms with Gasteiger partial charge >= 0.3 is 0 Å². The lowest BCUT2D eigenvalue weighted by atomic mass is 10.4. The zero-order valence-corrected chi connectivity index (χ0v) is 7.82. The molecule has 0 aliphatic carbocycles. The van der Waals surface area contributed by atoms with Crippen LogP contribution in [0.2, 0.25) is 0 Å². The Hall–Kier alpha value is -1.69. The van der Waals surface area contributed by atoms with E-state index in [4.69, 9.17) is 5.73 Å². The van der Waals surface area contributed by atoms with E-state index in [1.165, 1.54) is 10.7 Å². The average molecular weight is 193 g/mol. The topological polar surface area (TPSA) is 89.1 Å². The van der Waals surface area contributed by atoms with Crippen LogP contribution in [0.25, 0.3) is 5.52 Å². The van der Waals surface area contributed by atoms with Gasteiger partial charge in [0.05, 0.1) is 12.7 Å². The molecule has 0 aromatic carbocycles. The monoisotopic (exact) mass is 193 g/mol. The second kappa shape index (κ2) is 3.22. The van der Waals surface area contributed by atoms with Crippen LogP contribution < -0.4 is 11.3 Å². The lowest BCUT2D eigenvalue weighted by molar-refractivity contribution is 0.747. The van der Waals surface area contributed by atoms with Crippen LogP contribution in [0.1, 0.15) is 18.6 Å². The molecule has 0 unspecified atom stereocenters. The molecule has 2 aromatic heterocycles. The Kier molecular flexibility index (Phi) is 2.05. The number of imidazole rings is 1. The summed E-state index contributed by atoms with van der Waals surface area (Å²) >= 11 is 0. The van der Waals surface area contributed by atoms with E-state index in [-0.39, 0.29) is 12.1 Å². The molecule has 0 atom stereocenters. The number of aryl methyl sites for hydroxylation is 1. The van der Waals surface area contributed by atoms with Gasteiger partial charge in [-0.1, -0.05) is 6.92 Å². The van der Waals surface area contributed by atoms with E-state index in [2.05, 4.69) is 15.1 Å². The maximum Gasteiger partial charge on any atom is 0.276 e. The van der Waals surface area contributed by atoms with E-state index in [9.17, 15) is 4.79 Å². The van der Waals surface area contributed by atoms with Crippen molar-refractivity contribution in [3.05, 3.63) is 28.2 Å². The van der Waals surface area contributed by atoms with Gasteiger partial charge in [0.2, 0.25) is 0 Å². The molecule has 6 nitrogen and oxygen atoms in total. The lowest BCUT2D eigenvalue weighted by Gasteiger charge is -1.99. The average Bonchev–Trinajstić information content (AvgIpc) is 2.61. The third kappa shape index (κ3) is 1.20. The van der Waals surface area contributed by atoms with Gasteiger partial charge in [-0.05, 0) is 0 Å². The highest BCUT2D eigenvalue weighted by molar-refractivity contribution is 5.41. The Morgan fingerprint density at radius 3 is 3.07 bits per heavy atom. The third-order valence-electron chi connectivity index (χ3n) is 2.04. The molecule has 2 rings (SSSR count). The second-order valence-electron chi connectivity index (χ2n) is 2.93. The summed E-state index contributed by atoms with van der Waals surface area (Å²) in [6, 6.07) is 0. The zero-order valence-electron chi connectivity index (χ0n) is 7.82. The van der Waals surface area contributed by atoms with E-state index in [1.807, 2.05) is 6.92 Å². The quantitative estimate of drug-likeness (QED) is 0.669. The molecule has 0 saturated heterocycles. The standard InChI is InChI=1S/C8H11N5O/c1-2-6-11-8(14)5-4-10-7(3-9)13(5)12-6/h4H,2-3,9H2,1H3,(H,11,12,14). The lowest BCUT2D eigenvalue weighted by Crippen LogP contribution is -2.17. The summed E-state index contributed by atoms with van der Waals surface area (Å²) in [5.41, 5.74) is 5.72. The van der Waals surface area contributed by atoms with Crippen LogP contribution in [-0.2, 0) is 13.0 Å². The predicted octanol–water partition coefficient (Wildman–Crippen LogP) is -0.561. The summed E-state index contributed by atoms with van der Waals surface area (Å²) in [5.74, 6) is 1.23. The van der Waals surface area contributed by atoms with Gasteiger partial charge in [-0.2, -0.15) is 5.10 Å². The van der Waals surface area contributed by atoms with Crippen LogP contribution in [0.3, 0.4) is 0 Å². The molecule has 0 bridgehead atoms. The number of rotatable bonds is 2. The Bertz CT molecular complexity index is 512. The number of hydrogen-bond acceptors (Lipinski definition) is 4. The van der Waals surface area contributed by atoms with E-state index >= 15 is 0 Å². The summed E-state index contributed by atoms with van der Waals surface area (Å²) in [5, 5.41) is 4.20. The minimum absolute atomic E-state index is 0.177. The maximum absolute atomic E-state index is 11.5. The highest BCUT2D eigenvalue weighted by Crippen LogP contribution is 1.99. The largest absolute Gasteiger partial charge is 0.324 e. The van der Waals surface area contributed by atoms with Gasteiger partial charge in [0.15, 0.2) is 5.52 Å². The minimum Gasteiger partial charge on any atom is -0.324 e. The van der Waals surface area contributed by atoms with Gasteiger partial charge in [0.1, 0.15) is 11.6 Å². The van der Waals surface area contributed by atoms with E-state index in [0.717, 1.165) is 0 Å². The van der Waals surface area contributed by atoms with Crippen molar-refractivity contribution in [1.29, 1.82) is 0 Å². The minimum atomic E-state index is -0.177. The van der Waals surface area contributed by atoms with Crippen LogP contribution >= 0.6 is 0 Å². The van der Waals surface area contributed by atoms with Crippen LogP contribution in [0.5, 0.6) is 0 Å². The summed E-state index contributed by atoms with van der Waals surface area (Å²) in [6.07, 6.45) is 2.15. The van der Waals surface area contributed by atoms with Crippen LogP contribution in [0.4, 0.5) is 0 Å². The van der Waals surface area contributed by atoms with Gasteiger partial charge in [-0.3, -0.25) is 4.79 Å². The van der Waals surface area contributed by atoms with Crippen molar-refractivity contribution in [2.45, 2.75) is 19.9 Å². The highest BCUT2D eigenvalue weighted by Gasteiger charge is 2.07. The van der Waals surface area contributed by atoms with Crippen LogP contribution in [0.15, 0.2) is 11.0 Å². The molecule has 0 aliphatic heterocycles. The van der Waals surface area contributed by atoms with Crippen LogP contribution in [0, 0.1) is 0 Å². The van der Waals surface area contributed by atoms with Crippen molar-refractivity contribution in [2.24, 2.45) is 5.73 Å². The first-order valence-electron chi connectivity index (χ1n) is 4.42. The molecule has 0 aliphatic rings. The van der Waals surface area contributed by atoms with Crippen molar-refractivity contribution < 1.29 is 0 Å². The molecular weight excluding hydrogens is 182 g/mol. The Morgan fingerprint density at radius 2 is 2.43 bits per heavy atom. The van der Waals surface area contributed by atoms with Gasteiger partial charge in [0, 0.05) is 6.42 Å². The molecule has 6 heteroatoms. The molecule has 0 saturated carbocycles. The predicted molar refractivity (Wildman–Crippen MR) is 50.9 cm³/mol. The van der Waals surface area contributed by atoms with E-state index in [1.54, 1.807) is 0 Å². The van der Waals surface area contributed by atoms with Crippen LogP contribution in [-0.4, -0.2) is 19.6 Å². The molecule has 0 fully saturated rings. The van der Waals surface area contributed by atoms with Crippen molar-refractivity contribution >= 4 is 5.52 Å². The number of fused-ring (bicyclic) bond motifs is 1. The maximum atomic E-state index is 11.5. The van der Waals surface area contributed by atoms with Gasteiger partial charge in [-0.15, -0.1) is 0 Å². The van der Waals surface area contributed by atoms with Crippen molar-refractivity contribution in [3.8, 4) is 0 Å². The normalized spacial score (nSPS) is 11.0. The highest BCUT2D eigenvalue weighted by atomic mass is 16.1.